The third-order valence-corrected chi connectivity index (χ3v) is 8.30. The smallest absolute Gasteiger partial charge is 0.269 e. The Bertz CT molecular complexity index is 1130. The Labute approximate surface area is 202 Å². The Hall–Kier alpha value is -2.62. The summed E-state index contributed by atoms with van der Waals surface area (Å²) < 4.78 is 10.8. The summed E-state index contributed by atoms with van der Waals surface area (Å²) in [7, 11) is 3.65. The first-order valence-corrected chi connectivity index (χ1v) is 12.6. The highest BCUT2D eigenvalue weighted by Crippen LogP contribution is 2.51. The average Bonchev–Trinajstić information content (AvgIpc) is 3.35. The molecule has 2 aromatic carbocycles. The van der Waals surface area contributed by atoms with Crippen LogP contribution in [0, 0.1) is 0 Å². The molecule has 3 aliphatic heterocycles. The van der Waals surface area contributed by atoms with E-state index in [4.69, 9.17) is 14.5 Å². The van der Waals surface area contributed by atoms with Gasteiger partial charge >= 0.3 is 0 Å². The Morgan fingerprint density at radius 1 is 1.09 bits per heavy atom. The van der Waals surface area contributed by atoms with Gasteiger partial charge in [-0.1, -0.05) is 11.8 Å². The monoisotopic (exact) mass is 482 g/mol. The molecule has 0 atom stereocenters. The molecule has 9 heteroatoms. The van der Waals surface area contributed by atoms with Crippen LogP contribution < -0.4 is 14.5 Å². The van der Waals surface area contributed by atoms with Gasteiger partial charge in [0.2, 0.25) is 0 Å². The van der Waals surface area contributed by atoms with Gasteiger partial charge in [0, 0.05) is 43.3 Å². The van der Waals surface area contributed by atoms with Gasteiger partial charge in [0.25, 0.3) is 5.91 Å². The molecule has 0 bridgehead atoms. The highest BCUT2D eigenvalue weighted by atomic mass is 32.2. The number of hydrogen-bond donors (Lipinski definition) is 0. The van der Waals surface area contributed by atoms with E-state index in [1.807, 2.05) is 44.3 Å². The lowest BCUT2D eigenvalue weighted by Crippen LogP contribution is -2.36. The van der Waals surface area contributed by atoms with Crippen LogP contribution in [0.5, 0.6) is 5.75 Å². The number of aliphatic imine (C=N–C) groups is 1. The highest BCUT2D eigenvalue weighted by Gasteiger charge is 2.38. The first kappa shape index (κ1) is 22.2. The largest absolute Gasteiger partial charge is 0.497 e. The highest BCUT2D eigenvalue weighted by molar-refractivity contribution is 8.19. The van der Waals surface area contributed by atoms with Crippen LogP contribution >= 0.6 is 23.5 Å². The normalized spacial score (nSPS) is 21.8. The topological polar surface area (TPSA) is 57.6 Å². The van der Waals surface area contributed by atoms with Crippen molar-refractivity contribution in [3.8, 4) is 5.75 Å². The van der Waals surface area contributed by atoms with Gasteiger partial charge in [-0.15, -0.1) is 0 Å². The number of thioether (sulfide) groups is 2. The molecule has 0 aromatic heterocycles. The molecular weight excluding hydrogens is 456 g/mol. The maximum absolute atomic E-state index is 13.3. The fourth-order valence-electron chi connectivity index (χ4n) is 4.02. The van der Waals surface area contributed by atoms with E-state index in [1.54, 1.807) is 23.8 Å². The third-order valence-electron chi connectivity index (χ3n) is 5.86. The number of benzene rings is 2. The molecule has 2 saturated heterocycles. The van der Waals surface area contributed by atoms with Crippen LogP contribution in [0.4, 0.5) is 17.1 Å². The minimum absolute atomic E-state index is 0.000285. The molecule has 5 rings (SSSR count). The van der Waals surface area contributed by atoms with Gasteiger partial charge in [-0.05, 0) is 55.1 Å². The van der Waals surface area contributed by atoms with Crippen molar-refractivity contribution < 1.29 is 14.3 Å². The summed E-state index contributed by atoms with van der Waals surface area (Å²) in [4.78, 5) is 26.1. The predicted molar refractivity (Wildman–Crippen MR) is 136 cm³/mol. The number of ether oxygens (including phenoxy) is 2. The van der Waals surface area contributed by atoms with Crippen molar-refractivity contribution in [2.75, 3.05) is 56.8 Å². The molecule has 0 aliphatic carbocycles. The number of rotatable bonds is 4. The standard InChI is InChI=1S/C24H26N4O3S2/c1-4-28-22(29)21(23-26(2)19-15-18(30-3)9-10-20(19)32-23)33-24(28)25-16-5-7-17(8-6-16)27-11-13-31-14-12-27/h5-10,15H,4,11-14H2,1-3H3/b23-21-,25-24?. The summed E-state index contributed by atoms with van der Waals surface area (Å²) >= 11 is 3.06. The predicted octanol–water partition coefficient (Wildman–Crippen LogP) is 4.53. The minimum Gasteiger partial charge on any atom is -0.497 e. The molecule has 0 unspecified atom stereocenters. The Kier molecular flexibility index (Phi) is 6.27. The number of amides is 1. The summed E-state index contributed by atoms with van der Waals surface area (Å²) in [5.74, 6) is 0.802. The lowest BCUT2D eigenvalue weighted by Gasteiger charge is -2.28. The molecule has 3 aliphatic rings. The fraction of sp³-hybridized carbons (Fsp3) is 0.333. The number of amidine groups is 1. The summed E-state index contributed by atoms with van der Waals surface area (Å²) in [6.45, 7) is 5.87. The molecule has 0 spiro atoms. The molecule has 0 radical (unpaired) electrons. The Morgan fingerprint density at radius 3 is 2.55 bits per heavy atom. The first-order chi connectivity index (χ1) is 16.1. The van der Waals surface area contributed by atoms with E-state index in [9.17, 15) is 4.79 Å². The molecule has 2 aromatic rings. The molecular formula is C24H26N4O3S2. The summed E-state index contributed by atoms with van der Waals surface area (Å²) in [5.41, 5.74) is 3.06. The van der Waals surface area contributed by atoms with Gasteiger partial charge in [-0.3, -0.25) is 9.69 Å². The SMILES string of the molecule is CCN1C(=O)/C(=C2/Sc3ccc(OC)cc3N2C)SC1=Nc1ccc(N2CCOCC2)cc1. The molecule has 0 N–H and O–H groups in total. The summed E-state index contributed by atoms with van der Waals surface area (Å²) in [6, 6.07) is 14.2. The van der Waals surface area contributed by atoms with E-state index in [0.29, 0.717) is 16.6 Å². The lowest BCUT2D eigenvalue weighted by molar-refractivity contribution is -0.122. The number of hydrogen-bond acceptors (Lipinski definition) is 8. The van der Waals surface area contributed by atoms with Crippen molar-refractivity contribution in [1.29, 1.82) is 0 Å². The number of carbonyl (C=O) groups is 1. The lowest BCUT2D eigenvalue weighted by atomic mass is 10.2. The minimum atomic E-state index is 0.000285. The van der Waals surface area contributed by atoms with Gasteiger partial charge < -0.3 is 19.3 Å². The quantitative estimate of drug-likeness (QED) is 0.594. The van der Waals surface area contributed by atoms with Gasteiger partial charge in [-0.2, -0.15) is 0 Å². The van der Waals surface area contributed by atoms with Crippen molar-refractivity contribution in [3.63, 3.8) is 0 Å². The van der Waals surface area contributed by atoms with Gasteiger partial charge in [0.05, 0.1) is 36.7 Å². The zero-order chi connectivity index (χ0) is 22.9. The second kappa shape index (κ2) is 9.32. The van der Waals surface area contributed by atoms with E-state index in [2.05, 4.69) is 21.9 Å². The molecule has 7 nitrogen and oxygen atoms in total. The number of fused-ring (bicyclic) bond motifs is 1. The third kappa shape index (κ3) is 4.20. The zero-order valence-corrected chi connectivity index (χ0v) is 20.5. The Balaban J connectivity index is 1.41. The summed E-state index contributed by atoms with van der Waals surface area (Å²) in [6.07, 6.45) is 0. The van der Waals surface area contributed by atoms with E-state index in [0.717, 1.165) is 53.4 Å². The van der Waals surface area contributed by atoms with Gasteiger partial charge in [-0.25, -0.2) is 4.99 Å². The maximum atomic E-state index is 13.3. The summed E-state index contributed by atoms with van der Waals surface area (Å²) in [5, 5.41) is 1.64. The maximum Gasteiger partial charge on any atom is 0.269 e. The van der Waals surface area contributed by atoms with E-state index >= 15 is 0 Å². The van der Waals surface area contributed by atoms with Crippen LogP contribution in [0.15, 0.2) is 62.3 Å². The van der Waals surface area contributed by atoms with Crippen LogP contribution in [0.2, 0.25) is 0 Å². The number of anilines is 2. The van der Waals surface area contributed by atoms with Crippen LogP contribution in [0.3, 0.4) is 0 Å². The van der Waals surface area contributed by atoms with Crippen LogP contribution in [-0.2, 0) is 9.53 Å². The number of nitrogens with zero attached hydrogens (tertiary/aromatic N) is 4. The molecule has 33 heavy (non-hydrogen) atoms. The molecule has 1 amide bonds. The number of likely N-dealkylation sites (N-methyl/N-ethyl adjacent to an activating group) is 1. The molecule has 2 fully saturated rings. The van der Waals surface area contributed by atoms with E-state index in [-0.39, 0.29) is 5.91 Å². The Morgan fingerprint density at radius 2 is 1.85 bits per heavy atom. The number of morpholine rings is 1. The fourth-order valence-corrected chi connectivity index (χ4v) is 6.41. The van der Waals surface area contributed by atoms with Crippen LogP contribution in [0.1, 0.15) is 6.92 Å². The zero-order valence-electron chi connectivity index (χ0n) is 18.9. The second-order valence-electron chi connectivity index (χ2n) is 7.79. The van der Waals surface area contributed by atoms with Crippen molar-refractivity contribution in [2.24, 2.45) is 4.99 Å². The molecule has 0 saturated carbocycles. The van der Waals surface area contributed by atoms with Crippen LogP contribution in [-0.4, -0.2) is 63.0 Å². The number of carbonyl (C=O) groups excluding carboxylic acids is 1. The van der Waals surface area contributed by atoms with Gasteiger partial charge in [0.1, 0.15) is 10.7 Å². The van der Waals surface area contributed by atoms with Gasteiger partial charge in [0.15, 0.2) is 5.17 Å². The van der Waals surface area contributed by atoms with Crippen LogP contribution in [0.25, 0.3) is 0 Å². The average molecular weight is 483 g/mol. The van der Waals surface area contributed by atoms with Crippen molar-refractivity contribution in [3.05, 3.63) is 52.4 Å². The van der Waals surface area contributed by atoms with E-state index < -0.39 is 0 Å². The van der Waals surface area contributed by atoms with Crippen molar-refractivity contribution in [2.45, 2.75) is 11.8 Å². The van der Waals surface area contributed by atoms with Crippen molar-refractivity contribution in [1.82, 2.24) is 4.90 Å². The molecule has 3 heterocycles. The van der Waals surface area contributed by atoms with E-state index in [1.165, 1.54) is 17.4 Å². The second-order valence-corrected chi connectivity index (χ2v) is 9.80. The van der Waals surface area contributed by atoms with Crippen molar-refractivity contribution >= 4 is 51.7 Å². The first-order valence-electron chi connectivity index (χ1n) is 10.9. The number of methoxy groups -OCH3 is 1. The molecule has 172 valence electrons.